The Morgan fingerprint density at radius 3 is 2.57 bits per heavy atom. The first-order valence-electron chi connectivity index (χ1n) is 4.27. The third-order valence-electron chi connectivity index (χ3n) is 2.01. The van der Waals surface area contributed by atoms with Gasteiger partial charge < -0.3 is 15.2 Å². The number of hydrogen-bond donors (Lipinski definition) is 1. The summed E-state index contributed by atoms with van der Waals surface area (Å²) >= 11 is 0. The molecule has 14 heavy (non-hydrogen) atoms. The monoisotopic (exact) mass is 199 g/mol. The van der Waals surface area contributed by atoms with Crippen LogP contribution in [0.5, 0.6) is 5.75 Å². The highest BCUT2D eigenvalue weighted by atomic mass is 19.1. The van der Waals surface area contributed by atoms with E-state index in [4.69, 9.17) is 15.2 Å². The minimum Gasteiger partial charge on any atom is -0.496 e. The van der Waals surface area contributed by atoms with Crippen LogP contribution in [0, 0.1) is 5.82 Å². The molecule has 0 amide bonds. The Morgan fingerprint density at radius 2 is 2.07 bits per heavy atom. The maximum Gasteiger partial charge on any atom is 0.136 e. The Hall–Kier alpha value is -1.13. The van der Waals surface area contributed by atoms with Gasteiger partial charge in [0.1, 0.15) is 11.6 Å². The van der Waals surface area contributed by atoms with E-state index in [9.17, 15) is 4.39 Å². The van der Waals surface area contributed by atoms with E-state index in [2.05, 4.69) is 0 Å². The van der Waals surface area contributed by atoms with Crippen molar-refractivity contribution in [2.45, 2.75) is 13.2 Å². The van der Waals surface area contributed by atoms with Crippen molar-refractivity contribution in [3.05, 3.63) is 29.1 Å². The van der Waals surface area contributed by atoms with E-state index in [0.29, 0.717) is 16.9 Å². The molecule has 2 N–H and O–H groups in total. The van der Waals surface area contributed by atoms with Crippen LogP contribution in [0.2, 0.25) is 0 Å². The standard InChI is InChI=1S/C10H14FNO2/c1-13-6-8-9(14-2)4-3-7(5-12)10(8)11/h3-4H,5-6,12H2,1-2H3. The molecule has 3 nitrogen and oxygen atoms in total. The van der Waals surface area contributed by atoms with Crippen LogP contribution in [-0.2, 0) is 17.9 Å². The van der Waals surface area contributed by atoms with E-state index in [1.807, 2.05) is 0 Å². The SMILES string of the molecule is COCc1c(OC)ccc(CN)c1F. The Balaban J connectivity index is 3.16. The molecule has 0 radical (unpaired) electrons. The summed E-state index contributed by atoms with van der Waals surface area (Å²) in [5, 5.41) is 0. The zero-order valence-corrected chi connectivity index (χ0v) is 8.34. The molecule has 0 saturated heterocycles. The van der Waals surface area contributed by atoms with Crippen molar-refractivity contribution in [1.82, 2.24) is 0 Å². The number of rotatable bonds is 4. The van der Waals surface area contributed by atoms with E-state index in [0.717, 1.165) is 0 Å². The van der Waals surface area contributed by atoms with Gasteiger partial charge in [-0.2, -0.15) is 0 Å². The molecule has 0 spiro atoms. The Labute approximate surface area is 82.6 Å². The second-order valence-electron chi connectivity index (χ2n) is 2.86. The van der Waals surface area contributed by atoms with Gasteiger partial charge in [0.2, 0.25) is 0 Å². The topological polar surface area (TPSA) is 44.5 Å². The van der Waals surface area contributed by atoms with E-state index in [1.54, 1.807) is 12.1 Å². The molecule has 0 aromatic heterocycles. The number of benzene rings is 1. The Kier molecular flexibility index (Phi) is 3.85. The van der Waals surface area contributed by atoms with Gasteiger partial charge >= 0.3 is 0 Å². The van der Waals surface area contributed by atoms with Gasteiger partial charge in [0.15, 0.2) is 0 Å². The van der Waals surface area contributed by atoms with Crippen LogP contribution in [0.4, 0.5) is 4.39 Å². The summed E-state index contributed by atoms with van der Waals surface area (Å²) in [5.74, 6) is 0.148. The lowest BCUT2D eigenvalue weighted by Gasteiger charge is -2.11. The smallest absolute Gasteiger partial charge is 0.136 e. The molecule has 0 bridgehead atoms. The molecule has 1 rings (SSSR count). The van der Waals surface area contributed by atoms with Crippen LogP contribution in [0.25, 0.3) is 0 Å². The van der Waals surface area contributed by atoms with Gasteiger partial charge in [-0.1, -0.05) is 6.07 Å². The van der Waals surface area contributed by atoms with Gasteiger partial charge in [-0.05, 0) is 6.07 Å². The van der Waals surface area contributed by atoms with Crippen LogP contribution >= 0.6 is 0 Å². The maximum atomic E-state index is 13.7. The lowest BCUT2D eigenvalue weighted by Crippen LogP contribution is -2.05. The minimum atomic E-state index is -0.339. The van der Waals surface area contributed by atoms with Gasteiger partial charge in [-0.25, -0.2) is 4.39 Å². The lowest BCUT2D eigenvalue weighted by atomic mass is 10.1. The minimum absolute atomic E-state index is 0.173. The molecule has 1 aromatic carbocycles. The van der Waals surface area contributed by atoms with Crippen molar-refractivity contribution in [3.63, 3.8) is 0 Å². The molecular formula is C10H14FNO2. The molecule has 0 fully saturated rings. The van der Waals surface area contributed by atoms with Crippen molar-refractivity contribution < 1.29 is 13.9 Å². The molecule has 0 aliphatic rings. The largest absolute Gasteiger partial charge is 0.496 e. The summed E-state index contributed by atoms with van der Waals surface area (Å²) < 4.78 is 23.6. The third-order valence-corrected chi connectivity index (χ3v) is 2.01. The van der Waals surface area contributed by atoms with E-state index in [1.165, 1.54) is 14.2 Å². The summed E-state index contributed by atoms with van der Waals surface area (Å²) in [5.41, 5.74) is 6.27. The number of hydrogen-bond acceptors (Lipinski definition) is 3. The number of methoxy groups -OCH3 is 2. The van der Waals surface area contributed by atoms with Gasteiger partial charge in [-0.15, -0.1) is 0 Å². The zero-order chi connectivity index (χ0) is 10.6. The molecular weight excluding hydrogens is 185 g/mol. The van der Waals surface area contributed by atoms with Crippen LogP contribution in [0.3, 0.4) is 0 Å². The van der Waals surface area contributed by atoms with Crippen molar-refractivity contribution in [3.8, 4) is 5.75 Å². The first-order chi connectivity index (χ1) is 6.74. The molecule has 0 saturated carbocycles. The maximum absolute atomic E-state index is 13.7. The van der Waals surface area contributed by atoms with Crippen LogP contribution in [0.15, 0.2) is 12.1 Å². The highest BCUT2D eigenvalue weighted by molar-refractivity contribution is 5.38. The first-order valence-corrected chi connectivity index (χ1v) is 4.27. The molecule has 78 valence electrons. The Bertz CT molecular complexity index is 315. The average Bonchev–Trinajstić information content (AvgIpc) is 2.21. The van der Waals surface area contributed by atoms with E-state index >= 15 is 0 Å². The summed E-state index contributed by atoms with van der Waals surface area (Å²) in [6, 6.07) is 3.31. The first kappa shape index (κ1) is 10.9. The highest BCUT2D eigenvalue weighted by Crippen LogP contribution is 2.24. The molecule has 0 heterocycles. The normalized spacial score (nSPS) is 10.3. The van der Waals surface area contributed by atoms with Gasteiger partial charge in [0, 0.05) is 19.2 Å². The van der Waals surface area contributed by atoms with Crippen LogP contribution < -0.4 is 10.5 Å². The van der Waals surface area contributed by atoms with E-state index in [-0.39, 0.29) is 19.0 Å². The summed E-state index contributed by atoms with van der Waals surface area (Å²) in [4.78, 5) is 0. The second-order valence-corrected chi connectivity index (χ2v) is 2.86. The molecule has 4 heteroatoms. The second kappa shape index (κ2) is 4.93. The van der Waals surface area contributed by atoms with Crippen molar-refractivity contribution >= 4 is 0 Å². The molecule has 0 unspecified atom stereocenters. The predicted octanol–water partition coefficient (Wildman–Crippen LogP) is 1.44. The fourth-order valence-electron chi connectivity index (χ4n) is 1.28. The molecule has 0 aliphatic heterocycles. The third kappa shape index (κ3) is 2.02. The van der Waals surface area contributed by atoms with E-state index < -0.39 is 0 Å². The molecule has 0 atom stereocenters. The number of nitrogens with two attached hydrogens (primary N) is 1. The average molecular weight is 199 g/mol. The van der Waals surface area contributed by atoms with Gasteiger partial charge in [0.05, 0.1) is 19.3 Å². The van der Waals surface area contributed by atoms with Crippen molar-refractivity contribution in [1.29, 1.82) is 0 Å². The van der Waals surface area contributed by atoms with Crippen LogP contribution in [-0.4, -0.2) is 14.2 Å². The molecule has 0 aliphatic carbocycles. The lowest BCUT2D eigenvalue weighted by molar-refractivity contribution is 0.177. The Morgan fingerprint density at radius 1 is 1.36 bits per heavy atom. The van der Waals surface area contributed by atoms with Crippen LogP contribution in [0.1, 0.15) is 11.1 Å². The summed E-state index contributed by atoms with van der Waals surface area (Å²) in [7, 11) is 3.00. The fourth-order valence-corrected chi connectivity index (χ4v) is 1.28. The van der Waals surface area contributed by atoms with Gasteiger partial charge in [-0.3, -0.25) is 0 Å². The van der Waals surface area contributed by atoms with Crippen molar-refractivity contribution in [2.75, 3.05) is 14.2 Å². The molecule has 1 aromatic rings. The summed E-state index contributed by atoms with van der Waals surface area (Å²) in [6.45, 7) is 0.357. The van der Waals surface area contributed by atoms with Gasteiger partial charge in [0.25, 0.3) is 0 Å². The number of halogens is 1. The fraction of sp³-hybridized carbons (Fsp3) is 0.400. The quantitative estimate of drug-likeness (QED) is 0.798. The predicted molar refractivity (Wildman–Crippen MR) is 51.6 cm³/mol. The highest BCUT2D eigenvalue weighted by Gasteiger charge is 2.12. The number of ether oxygens (including phenoxy) is 2. The zero-order valence-electron chi connectivity index (χ0n) is 8.34. The van der Waals surface area contributed by atoms with Crippen molar-refractivity contribution in [2.24, 2.45) is 5.73 Å². The summed E-state index contributed by atoms with van der Waals surface area (Å²) in [6.07, 6.45) is 0.